The minimum absolute atomic E-state index is 0.136. The Morgan fingerprint density at radius 1 is 1.20 bits per heavy atom. The highest BCUT2D eigenvalue weighted by Gasteiger charge is 2.28. The number of nitrogens with one attached hydrogen (secondary N) is 2. The topological polar surface area (TPSA) is 86.1 Å². The SMILES string of the molecule is CCNc1nc(Nc2ccc(-n3cnc(Cl)c3)c(OC)c2)nc2c1COCC2c1ccc(F)cc1. The van der Waals surface area contributed by atoms with Crippen LogP contribution >= 0.6 is 11.6 Å². The van der Waals surface area contributed by atoms with Crippen molar-refractivity contribution in [1.82, 2.24) is 19.5 Å². The monoisotopic (exact) mass is 494 g/mol. The molecular formula is C25H24ClFN6O2. The van der Waals surface area contributed by atoms with E-state index in [-0.39, 0.29) is 11.7 Å². The molecule has 10 heteroatoms. The molecule has 0 aliphatic carbocycles. The third-order valence-corrected chi connectivity index (χ3v) is 5.98. The first-order valence-corrected chi connectivity index (χ1v) is 11.6. The Balaban J connectivity index is 1.51. The van der Waals surface area contributed by atoms with E-state index in [9.17, 15) is 4.39 Å². The van der Waals surface area contributed by atoms with Gasteiger partial charge in [0.05, 0.1) is 37.6 Å². The van der Waals surface area contributed by atoms with Crippen LogP contribution in [0.15, 0.2) is 55.0 Å². The molecule has 3 heterocycles. The Kier molecular flexibility index (Phi) is 6.52. The first-order chi connectivity index (χ1) is 17.1. The summed E-state index contributed by atoms with van der Waals surface area (Å²) in [6.45, 7) is 3.57. The van der Waals surface area contributed by atoms with Crippen molar-refractivity contribution in [2.45, 2.75) is 19.4 Å². The third-order valence-electron chi connectivity index (χ3n) is 5.78. The first kappa shape index (κ1) is 23.1. The highest BCUT2D eigenvalue weighted by molar-refractivity contribution is 6.29. The summed E-state index contributed by atoms with van der Waals surface area (Å²) < 4.78 is 26.8. The lowest BCUT2D eigenvalue weighted by Gasteiger charge is -2.27. The van der Waals surface area contributed by atoms with Crippen molar-refractivity contribution < 1.29 is 13.9 Å². The van der Waals surface area contributed by atoms with Crippen LogP contribution in [0.4, 0.5) is 21.8 Å². The van der Waals surface area contributed by atoms with Crippen LogP contribution in [0.3, 0.4) is 0 Å². The molecule has 1 unspecified atom stereocenters. The number of benzene rings is 2. The fraction of sp³-hybridized carbons (Fsp3) is 0.240. The molecular weight excluding hydrogens is 471 g/mol. The molecule has 0 saturated heterocycles. The van der Waals surface area contributed by atoms with E-state index < -0.39 is 0 Å². The number of rotatable bonds is 7. The molecule has 2 aromatic carbocycles. The third kappa shape index (κ3) is 4.78. The maximum Gasteiger partial charge on any atom is 0.229 e. The van der Waals surface area contributed by atoms with Gasteiger partial charge in [-0.05, 0) is 36.8 Å². The summed E-state index contributed by atoms with van der Waals surface area (Å²) in [7, 11) is 1.60. The van der Waals surface area contributed by atoms with Crippen LogP contribution in [0.1, 0.15) is 29.7 Å². The van der Waals surface area contributed by atoms with Gasteiger partial charge in [0, 0.05) is 30.1 Å². The normalized spacial score (nSPS) is 14.9. The Morgan fingerprint density at radius 2 is 2.03 bits per heavy atom. The maximum atomic E-state index is 13.5. The summed E-state index contributed by atoms with van der Waals surface area (Å²) in [6, 6.07) is 12.1. The Hall–Kier alpha value is -3.69. The van der Waals surface area contributed by atoms with E-state index in [1.54, 1.807) is 36.3 Å². The summed E-state index contributed by atoms with van der Waals surface area (Å²) in [5.74, 6) is 1.37. The van der Waals surface area contributed by atoms with Crippen molar-refractivity contribution in [3.63, 3.8) is 0 Å². The number of halogens is 2. The van der Waals surface area contributed by atoms with E-state index in [4.69, 9.17) is 31.0 Å². The highest BCUT2D eigenvalue weighted by Crippen LogP contribution is 2.36. The smallest absolute Gasteiger partial charge is 0.229 e. The average Bonchev–Trinajstić information content (AvgIpc) is 3.30. The van der Waals surface area contributed by atoms with E-state index in [1.165, 1.54) is 12.1 Å². The van der Waals surface area contributed by atoms with Gasteiger partial charge in [0.25, 0.3) is 0 Å². The van der Waals surface area contributed by atoms with Crippen LogP contribution in [-0.2, 0) is 11.3 Å². The number of anilines is 3. The number of methoxy groups -OCH3 is 1. The van der Waals surface area contributed by atoms with E-state index in [0.717, 1.165) is 28.2 Å². The molecule has 0 amide bonds. The summed E-state index contributed by atoms with van der Waals surface area (Å²) in [5, 5.41) is 7.01. The van der Waals surface area contributed by atoms with Gasteiger partial charge in [0.15, 0.2) is 0 Å². The fourth-order valence-corrected chi connectivity index (χ4v) is 4.29. The zero-order chi connectivity index (χ0) is 24.4. The largest absolute Gasteiger partial charge is 0.494 e. The number of hydrogen-bond acceptors (Lipinski definition) is 7. The van der Waals surface area contributed by atoms with E-state index >= 15 is 0 Å². The lowest BCUT2D eigenvalue weighted by molar-refractivity contribution is 0.0978. The van der Waals surface area contributed by atoms with Crippen molar-refractivity contribution in [1.29, 1.82) is 0 Å². The van der Waals surface area contributed by atoms with Gasteiger partial charge in [0.2, 0.25) is 5.95 Å². The van der Waals surface area contributed by atoms with Crippen LogP contribution in [0.5, 0.6) is 5.75 Å². The second kappa shape index (κ2) is 9.89. The van der Waals surface area contributed by atoms with E-state index in [2.05, 4.69) is 15.6 Å². The number of aromatic nitrogens is 4. The van der Waals surface area contributed by atoms with Crippen LogP contribution in [0.2, 0.25) is 5.15 Å². The van der Waals surface area contributed by atoms with Crippen molar-refractivity contribution in [2.75, 3.05) is 30.9 Å². The summed E-state index contributed by atoms with van der Waals surface area (Å²) in [4.78, 5) is 13.6. The molecule has 1 aliphatic rings. The molecule has 2 aromatic heterocycles. The van der Waals surface area contributed by atoms with Gasteiger partial charge in [-0.1, -0.05) is 23.7 Å². The Morgan fingerprint density at radius 3 is 2.74 bits per heavy atom. The van der Waals surface area contributed by atoms with Gasteiger partial charge in [0.1, 0.15) is 28.9 Å². The molecule has 0 saturated carbocycles. The molecule has 1 aliphatic heterocycles. The van der Waals surface area contributed by atoms with Crippen LogP contribution in [0, 0.1) is 5.82 Å². The van der Waals surface area contributed by atoms with Gasteiger partial charge in [-0.25, -0.2) is 14.4 Å². The van der Waals surface area contributed by atoms with E-state index in [0.29, 0.717) is 42.4 Å². The average molecular weight is 495 g/mol. The molecule has 180 valence electrons. The molecule has 0 fully saturated rings. The molecule has 5 rings (SSSR count). The molecule has 35 heavy (non-hydrogen) atoms. The molecule has 1 atom stereocenters. The lowest BCUT2D eigenvalue weighted by atomic mass is 9.91. The number of hydrogen-bond donors (Lipinski definition) is 2. The number of nitrogens with zero attached hydrogens (tertiary/aromatic N) is 4. The van der Waals surface area contributed by atoms with E-state index in [1.807, 2.05) is 25.1 Å². The van der Waals surface area contributed by atoms with Crippen molar-refractivity contribution in [3.05, 3.63) is 82.8 Å². The second-order valence-corrected chi connectivity index (χ2v) is 8.41. The number of ether oxygens (including phenoxy) is 2. The van der Waals surface area contributed by atoms with Gasteiger partial charge in [-0.15, -0.1) is 0 Å². The van der Waals surface area contributed by atoms with Gasteiger partial charge in [-0.2, -0.15) is 4.98 Å². The molecule has 0 radical (unpaired) electrons. The number of imidazole rings is 1. The highest BCUT2D eigenvalue weighted by atomic mass is 35.5. The summed E-state index contributed by atoms with van der Waals surface area (Å²) >= 11 is 5.97. The molecule has 8 nitrogen and oxygen atoms in total. The Labute approximate surface area is 207 Å². The quantitative estimate of drug-likeness (QED) is 0.360. The summed E-state index contributed by atoms with van der Waals surface area (Å²) in [6.07, 6.45) is 3.33. The molecule has 0 bridgehead atoms. The van der Waals surface area contributed by atoms with Crippen molar-refractivity contribution in [2.24, 2.45) is 0 Å². The first-order valence-electron chi connectivity index (χ1n) is 11.2. The zero-order valence-electron chi connectivity index (χ0n) is 19.3. The summed E-state index contributed by atoms with van der Waals surface area (Å²) in [5.41, 5.74) is 4.25. The number of fused-ring (bicyclic) bond motifs is 1. The standard InChI is InChI=1S/C25H24ClFN6O2/c1-3-28-24-19-13-35-12-18(15-4-6-16(27)7-5-15)23(19)31-25(32-24)30-17-8-9-20(21(10-17)34-2)33-11-22(26)29-14-33/h4-11,14,18H,3,12-13H2,1-2H3,(H2,28,30,31,32). The molecule has 2 N–H and O–H groups in total. The van der Waals surface area contributed by atoms with Crippen LogP contribution in [0.25, 0.3) is 5.69 Å². The zero-order valence-corrected chi connectivity index (χ0v) is 20.0. The van der Waals surface area contributed by atoms with Crippen molar-refractivity contribution in [3.8, 4) is 11.4 Å². The van der Waals surface area contributed by atoms with Gasteiger partial charge in [-0.3, -0.25) is 0 Å². The predicted octanol–water partition coefficient (Wildman–Crippen LogP) is 5.30. The minimum Gasteiger partial charge on any atom is -0.494 e. The fourth-order valence-electron chi connectivity index (χ4n) is 4.14. The second-order valence-electron chi connectivity index (χ2n) is 8.02. The van der Waals surface area contributed by atoms with Gasteiger partial charge < -0.3 is 24.7 Å². The van der Waals surface area contributed by atoms with Crippen LogP contribution in [-0.4, -0.2) is 39.8 Å². The molecule has 4 aromatic rings. The van der Waals surface area contributed by atoms with Crippen LogP contribution < -0.4 is 15.4 Å². The predicted molar refractivity (Wildman–Crippen MR) is 133 cm³/mol. The lowest BCUT2D eigenvalue weighted by Crippen LogP contribution is -2.23. The van der Waals surface area contributed by atoms with Crippen molar-refractivity contribution >= 4 is 29.1 Å². The molecule has 0 spiro atoms. The Bertz CT molecular complexity index is 1340. The van der Waals surface area contributed by atoms with Gasteiger partial charge >= 0.3 is 0 Å². The minimum atomic E-state index is -0.278. The maximum absolute atomic E-state index is 13.5.